The van der Waals surface area contributed by atoms with E-state index in [4.69, 9.17) is 9.47 Å². The van der Waals surface area contributed by atoms with Gasteiger partial charge in [0.15, 0.2) is 17.4 Å². The van der Waals surface area contributed by atoms with Crippen LogP contribution in [0.2, 0.25) is 0 Å². The van der Waals surface area contributed by atoms with Crippen molar-refractivity contribution in [3.05, 3.63) is 35.4 Å². The van der Waals surface area contributed by atoms with Crippen LogP contribution in [-0.4, -0.2) is 31.7 Å². The van der Waals surface area contributed by atoms with E-state index >= 15 is 0 Å². The fourth-order valence-electron chi connectivity index (χ4n) is 2.32. The van der Waals surface area contributed by atoms with Crippen molar-refractivity contribution in [1.29, 1.82) is 0 Å². The number of methoxy groups -OCH3 is 1. The Morgan fingerprint density at radius 3 is 2.68 bits per heavy atom. The highest BCUT2D eigenvalue weighted by molar-refractivity contribution is 5.89. The predicted molar refractivity (Wildman–Crippen MR) is 64.9 cm³/mol. The summed E-state index contributed by atoms with van der Waals surface area (Å²) in [5, 5.41) is 0. The van der Waals surface area contributed by atoms with E-state index < -0.39 is 17.2 Å². The lowest BCUT2D eigenvalue weighted by molar-refractivity contribution is -0.152. The van der Waals surface area contributed by atoms with Gasteiger partial charge in [-0.15, -0.1) is 0 Å². The molecule has 0 aromatic heterocycles. The van der Waals surface area contributed by atoms with Crippen LogP contribution in [0.5, 0.6) is 0 Å². The summed E-state index contributed by atoms with van der Waals surface area (Å²) < 4.78 is 37.2. The first-order chi connectivity index (χ1) is 9.09. The Morgan fingerprint density at radius 1 is 1.37 bits per heavy atom. The maximum atomic E-state index is 13.6. The van der Waals surface area contributed by atoms with Gasteiger partial charge >= 0.3 is 0 Å². The zero-order valence-electron chi connectivity index (χ0n) is 10.7. The molecule has 5 heteroatoms. The van der Waals surface area contributed by atoms with E-state index in [0.717, 1.165) is 6.07 Å². The average molecular weight is 270 g/mol. The number of ether oxygens (including phenoxy) is 2. The average Bonchev–Trinajstić information content (AvgIpc) is 2.44. The van der Waals surface area contributed by atoms with E-state index in [-0.39, 0.29) is 17.8 Å². The topological polar surface area (TPSA) is 35.5 Å². The van der Waals surface area contributed by atoms with E-state index in [2.05, 4.69) is 0 Å². The molecule has 1 aromatic carbocycles. The molecule has 0 bridgehead atoms. The zero-order chi connectivity index (χ0) is 13.9. The van der Waals surface area contributed by atoms with Gasteiger partial charge in [-0.2, -0.15) is 0 Å². The van der Waals surface area contributed by atoms with E-state index in [1.54, 1.807) is 0 Å². The number of Topliss-reactive ketones (excluding diaryl/α,β-unsaturated/α-hetero) is 1. The molecule has 1 aromatic rings. The summed E-state index contributed by atoms with van der Waals surface area (Å²) >= 11 is 0. The van der Waals surface area contributed by atoms with E-state index in [1.807, 2.05) is 0 Å². The van der Waals surface area contributed by atoms with E-state index in [1.165, 1.54) is 19.2 Å². The number of carbonyl (C=O) groups excluding carboxylic acids is 1. The summed E-state index contributed by atoms with van der Waals surface area (Å²) in [6, 6.07) is 3.84. The van der Waals surface area contributed by atoms with Crippen molar-refractivity contribution >= 4 is 5.78 Å². The minimum absolute atomic E-state index is 0.0629. The van der Waals surface area contributed by atoms with Gasteiger partial charge < -0.3 is 9.47 Å². The standard InChI is InChI=1S/C14H16F2O3/c1-18-14(5-7-19-8-6-14)12(17)9-10-3-2-4-11(15)13(10)16/h2-4H,5-9H2,1H3. The second-order valence-corrected chi connectivity index (χ2v) is 4.62. The summed E-state index contributed by atoms with van der Waals surface area (Å²) in [4.78, 5) is 12.3. The Labute approximate surface area is 110 Å². The number of hydrogen-bond donors (Lipinski definition) is 0. The summed E-state index contributed by atoms with van der Waals surface area (Å²) in [6.07, 6.45) is 0.718. The maximum absolute atomic E-state index is 13.6. The molecule has 1 saturated heterocycles. The summed E-state index contributed by atoms with van der Waals surface area (Å²) in [5.74, 6) is -2.14. The summed E-state index contributed by atoms with van der Waals surface area (Å²) in [5.41, 5.74) is -0.871. The minimum atomic E-state index is -0.964. The Balaban J connectivity index is 2.17. The molecule has 0 amide bonds. The fraction of sp³-hybridized carbons (Fsp3) is 0.500. The SMILES string of the molecule is COC1(C(=O)Cc2cccc(F)c2F)CCOCC1. The third-order valence-electron chi connectivity index (χ3n) is 3.58. The van der Waals surface area contributed by atoms with Crippen molar-refractivity contribution in [1.82, 2.24) is 0 Å². The Kier molecular flexibility index (Phi) is 4.27. The third kappa shape index (κ3) is 2.82. The van der Waals surface area contributed by atoms with Crippen molar-refractivity contribution < 1.29 is 23.0 Å². The van der Waals surface area contributed by atoms with Crippen LogP contribution in [0.3, 0.4) is 0 Å². The number of benzene rings is 1. The summed E-state index contributed by atoms with van der Waals surface area (Å²) in [6.45, 7) is 0.871. The molecule has 0 aliphatic carbocycles. The van der Waals surface area contributed by atoms with Gasteiger partial charge in [-0.25, -0.2) is 8.78 Å². The van der Waals surface area contributed by atoms with Crippen LogP contribution in [-0.2, 0) is 20.7 Å². The number of rotatable bonds is 4. The predicted octanol–water partition coefficient (Wildman–Crippen LogP) is 2.27. The molecular formula is C14H16F2O3. The second kappa shape index (κ2) is 5.75. The van der Waals surface area contributed by atoms with Gasteiger partial charge in [0.2, 0.25) is 0 Å². The molecule has 1 aliphatic rings. The molecule has 0 spiro atoms. The Morgan fingerprint density at radius 2 is 2.05 bits per heavy atom. The van der Waals surface area contributed by atoms with Crippen LogP contribution in [0.1, 0.15) is 18.4 Å². The Hall–Kier alpha value is -1.33. The molecule has 0 saturated carbocycles. The first kappa shape index (κ1) is 14.1. The lowest BCUT2D eigenvalue weighted by Crippen LogP contribution is -2.46. The molecular weight excluding hydrogens is 254 g/mol. The quantitative estimate of drug-likeness (QED) is 0.842. The van der Waals surface area contributed by atoms with E-state index in [0.29, 0.717) is 26.1 Å². The molecule has 104 valence electrons. The van der Waals surface area contributed by atoms with Gasteiger partial charge in [-0.3, -0.25) is 4.79 Å². The van der Waals surface area contributed by atoms with Crippen molar-refractivity contribution in [2.45, 2.75) is 24.9 Å². The summed E-state index contributed by atoms with van der Waals surface area (Å²) in [7, 11) is 1.46. The minimum Gasteiger partial charge on any atom is -0.381 e. The number of halogens is 2. The number of hydrogen-bond acceptors (Lipinski definition) is 3. The monoisotopic (exact) mass is 270 g/mol. The van der Waals surface area contributed by atoms with Gasteiger partial charge in [0, 0.05) is 39.6 Å². The van der Waals surface area contributed by atoms with Crippen LogP contribution >= 0.6 is 0 Å². The molecule has 2 rings (SSSR count). The van der Waals surface area contributed by atoms with Gasteiger partial charge in [-0.1, -0.05) is 12.1 Å². The van der Waals surface area contributed by atoms with Gasteiger partial charge in [0.25, 0.3) is 0 Å². The molecule has 0 radical (unpaired) electrons. The van der Waals surface area contributed by atoms with Crippen molar-refractivity contribution in [2.75, 3.05) is 20.3 Å². The van der Waals surface area contributed by atoms with Crippen molar-refractivity contribution in [2.24, 2.45) is 0 Å². The molecule has 0 unspecified atom stereocenters. The molecule has 19 heavy (non-hydrogen) atoms. The van der Waals surface area contributed by atoms with Crippen molar-refractivity contribution in [3.63, 3.8) is 0 Å². The first-order valence-corrected chi connectivity index (χ1v) is 6.18. The molecule has 0 atom stereocenters. The fourth-order valence-corrected chi connectivity index (χ4v) is 2.32. The van der Waals surface area contributed by atoms with Gasteiger partial charge in [-0.05, 0) is 11.6 Å². The Bertz CT molecular complexity index is 468. The third-order valence-corrected chi connectivity index (χ3v) is 3.58. The number of ketones is 1. The second-order valence-electron chi connectivity index (χ2n) is 4.62. The lowest BCUT2D eigenvalue weighted by atomic mass is 9.86. The van der Waals surface area contributed by atoms with Crippen LogP contribution in [0, 0.1) is 11.6 Å². The molecule has 3 nitrogen and oxygen atoms in total. The molecule has 0 N–H and O–H groups in total. The first-order valence-electron chi connectivity index (χ1n) is 6.18. The molecule has 1 heterocycles. The van der Waals surface area contributed by atoms with Crippen LogP contribution < -0.4 is 0 Å². The highest BCUT2D eigenvalue weighted by Crippen LogP contribution is 2.27. The maximum Gasteiger partial charge on any atom is 0.169 e. The van der Waals surface area contributed by atoms with Crippen molar-refractivity contribution in [3.8, 4) is 0 Å². The smallest absolute Gasteiger partial charge is 0.169 e. The molecule has 1 aliphatic heterocycles. The highest BCUT2D eigenvalue weighted by atomic mass is 19.2. The highest BCUT2D eigenvalue weighted by Gasteiger charge is 2.39. The van der Waals surface area contributed by atoms with Crippen LogP contribution in [0.25, 0.3) is 0 Å². The van der Waals surface area contributed by atoms with Gasteiger partial charge in [0.1, 0.15) is 5.60 Å². The van der Waals surface area contributed by atoms with Crippen LogP contribution in [0.4, 0.5) is 8.78 Å². The normalized spacial score (nSPS) is 18.3. The zero-order valence-corrected chi connectivity index (χ0v) is 10.7. The van der Waals surface area contributed by atoms with Crippen LogP contribution in [0.15, 0.2) is 18.2 Å². The van der Waals surface area contributed by atoms with E-state index in [9.17, 15) is 13.6 Å². The number of carbonyl (C=O) groups is 1. The largest absolute Gasteiger partial charge is 0.381 e. The van der Waals surface area contributed by atoms with Gasteiger partial charge in [0.05, 0.1) is 0 Å². The molecule has 1 fully saturated rings. The lowest BCUT2D eigenvalue weighted by Gasteiger charge is -2.34.